The normalized spacial score (nSPS) is 26.1. The summed E-state index contributed by atoms with van der Waals surface area (Å²) >= 11 is 0. The summed E-state index contributed by atoms with van der Waals surface area (Å²) in [7, 11) is 0. The van der Waals surface area contributed by atoms with Gasteiger partial charge >= 0.3 is 5.97 Å². The molecule has 0 bridgehead atoms. The van der Waals surface area contributed by atoms with Crippen molar-refractivity contribution in [1.29, 1.82) is 0 Å². The van der Waals surface area contributed by atoms with Crippen molar-refractivity contribution in [2.45, 2.75) is 84.0 Å². The van der Waals surface area contributed by atoms with Gasteiger partial charge in [-0.15, -0.1) is 0 Å². The third-order valence-corrected chi connectivity index (χ3v) is 8.26. The Morgan fingerprint density at radius 1 is 1.03 bits per heavy atom. The second-order valence-corrected chi connectivity index (χ2v) is 10.6. The van der Waals surface area contributed by atoms with Gasteiger partial charge in [0.15, 0.2) is 0 Å². The summed E-state index contributed by atoms with van der Waals surface area (Å²) in [4.78, 5) is 29.1. The number of rotatable bonds is 8. The first-order chi connectivity index (χ1) is 16.0. The summed E-state index contributed by atoms with van der Waals surface area (Å²) < 4.78 is 0. The van der Waals surface area contributed by atoms with Crippen LogP contribution in [-0.2, 0) is 22.4 Å². The summed E-state index contributed by atoms with van der Waals surface area (Å²) in [6, 6.07) is 6.66. The Balaban J connectivity index is 1.33. The van der Waals surface area contributed by atoms with Crippen molar-refractivity contribution in [2.24, 2.45) is 17.8 Å². The molecule has 1 saturated carbocycles. The smallest absolute Gasteiger partial charge is 0.307 e. The molecule has 1 saturated heterocycles. The quantitative estimate of drug-likeness (QED) is 0.579. The lowest BCUT2D eigenvalue weighted by Gasteiger charge is -2.35. The lowest BCUT2D eigenvalue weighted by Crippen LogP contribution is -2.41. The van der Waals surface area contributed by atoms with Crippen LogP contribution in [0.1, 0.15) is 82.3 Å². The van der Waals surface area contributed by atoms with Crippen molar-refractivity contribution < 1.29 is 14.7 Å². The highest BCUT2D eigenvalue weighted by atomic mass is 16.4. The highest BCUT2D eigenvalue weighted by Gasteiger charge is 2.32. The number of nitrogens with zero attached hydrogens (tertiary/aromatic N) is 2. The van der Waals surface area contributed by atoms with E-state index in [2.05, 4.69) is 34.9 Å². The molecule has 0 radical (unpaired) electrons. The van der Waals surface area contributed by atoms with Crippen molar-refractivity contribution in [3.8, 4) is 0 Å². The van der Waals surface area contributed by atoms with Crippen LogP contribution in [0.15, 0.2) is 18.2 Å². The minimum absolute atomic E-state index is 0.204. The number of aliphatic carboxylic acids is 1. The topological polar surface area (TPSA) is 60.9 Å². The van der Waals surface area contributed by atoms with Crippen LogP contribution in [0.2, 0.25) is 0 Å². The van der Waals surface area contributed by atoms with E-state index in [1.807, 2.05) is 0 Å². The van der Waals surface area contributed by atoms with E-state index in [1.54, 1.807) is 0 Å². The number of anilines is 1. The van der Waals surface area contributed by atoms with E-state index in [1.165, 1.54) is 43.2 Å². The zero-order chi connectivity index (χ0) is 23.2. The Kier molecular flexibility index (Phi) is 8.45. The monoisotopic (exact) mass is 454 g/mol. The van der Waals surface area contributed by atoms with Gasteiger partial charge in [-0.3, -0.25) is 9.59 Å². The highest BCUT2D eigenvalue weighted by Crippen LogP contribution is 2.36. The number of fused-ring (bicyclic) bond motifs is 1. The molecule has 3 aliphatic rings. The number of carbonyl (C=O) groups excluding carboxylic acids is 1. The van der Waals surface area contributed by atoms with E-state index < -0.39 is 5.97 Å². The van der Waals surface area contributed by atoms with Crippen LogP contribution >= 0.6 is 0 Å². The van der Waals surface area contributed by atoms with Crippen LogP contribution in [0.3, 0.4) is 0 Å². The maximum atomic E-state index is 13.4. The number of hydrogen-bond acceptors (Lipinski definition) is 3. The van der Waals surface area contributed by atoms with Crippen molar-refractivity contribution in [2.75, 3.05) is 31.1 Å². The minimum atomic E-state index is -0.660. The number of amides is 1. The zero-order valence-corrected chi connectivity index (χ0v) is 20.4. The molecule has 5 heteroatoms. The van der Waals surface area contributed by atoms with Gasteiger partial charge in [-0.05, 0) is 87.4 Å². The third kappa shape index (κ3) is 6.17. The number of carboxylic acids is 1. The molecule has 1 N–H and O–H groups in total. The Labute approximate surface area is 199 Å². The molecule has 5 nitrogen and oxygen atoms in total. The Hall–Kier alpha value is -1.88. The first kappa shape index (κ1) is 24.3. The molecule has 2 heterocycles. The van der Waals surface area contributed by atoms with Gasteiger partial charge < -0.3 is 14.9 Å². The predicted molar refractivity (Wildman–Crippen MR) is 133 cm³/mol. The average molecular weight is 455 g/mol. The summed E-state index contributed by atoms with van der Waals surface area (Å²) in [6.45, 7) is 5.69. The fourth-order valence-electron chi connectivity index (χ4n) is 6.19. The van der Waals surface area contributed by atoms with E-state index in [9.17, 15) is 14.7 Å². The molecular formula is C28H42N2O3. The molecule has 1 amide bonds. The zero-order valence-electron chi connectivity index (χ0n) is 20.4. The van der Waals surface area contributed by atoms with E-state index in [-0.39, 0.29) is 11.8 Å². The number of likely N-dealkylation sites (tertiary alicyclic amines) is 1. The Morgan fingerprint density at radius 2 is 1.85 bits per heavy atom. The molecule has 1 atom stereocenters. The van der Waals surface area contributed by atoms with Crippen LogP contribution in [0.5, 0.6) is 0 Å². The summed E-state index contributed by atoms with van der Waals surface area (Å²) in [5.41, 5.74) is 3.75. The number of piperidine rings is 1. The van der Waals surface area contributed by atoms with Gasteiger partial charge in [-0.1, -0.05) is 38.3 Å². The van der Waals surface area contributed by atoms with Gasteiger partial charge in [0, 0.05) is 31.2 Å². The standard InChI is InChI=1S/C28H42N2O3/c1-2-3-6-21-9-12-23(13-10-21)27(31)30-17-5-7-24-19-22(11-14-26(24)30)15-18-29-16-4-8-25(20-29)28(32)33/h11,14,19,21,23,25H,2-10,12-13,15-18,20H2,1H3,(H,32,33). The van der Waals surface area contributed by atoms with Gasteiger partial charge in [-0.2, -0.15) is 0 Å². The molecule has 1 aromatic rings. The lowest BCUT2D eigenvalue weighted by molar-refractivity contribution is -0.143. The van der Waals surface area contributed by atoms with Gasteiger partial charge in [-0.25, -0.2) is 0 Å². The van der Waals surface area contributed by atoms with Gasteiger partial charge in [0.05, 0.1) is 5.92 Å². The van der Waals surface area contributed by atoms with Crippen LogP contribution < -0.4 is 4.90 Å². The van der Waals surface area contributed by atoms with E-state index in [4.69, 9.17) is 0 Å². The molecular weight excluding hydrogens is 412 g/mol. The van der Waals surface area contributed by atoms with Gasteiger partial charge in [0.25, 0.3) is 0 Å². The Morgan fingerprint density at radius 3 is 2.61 bits per heavy atom. The van der Waals surface area contributed by atoms with Crippen LogP contribution in [0.4, 0.5) is 5.69 Å². The van der Waals surface area contributed by atoms with E-state index in [0.29, 0.717) is 12.5 Å². The largest absolute Gasteiger partial charge is 0.481 e. The second kappa shape index (κ2) is 11.5. The molecule has 1 aliphatic carbocycles. The molecule has 4 rings (SSSR count). The van der Waals surface area contributed by atoms with Gasteiger partial charge in [0.2, 0.25) is 5.91 Å². The van der Waals surface area contributed by atoms with Crippen LogP contribution in [0.25, 0.3) is 0 Å². The number of benzene rings is 1. The van der Waals surface area contributed by atoms with Gasteiger partial charge in [0.1, 0.15) is 0 Å². The molecule has 2 fully saturated rings. The number of carboxylic acid groups (broad SMARTS) is 1. The summed E-state index contributed by atoms with van der Waals surface area (Å²) in [6.07, 6.45) is 13.3. The number of aryl methyl sites for hydroxylation is 1. The molecule has 1 unspecified atom stereocenters. The fourth-order valence-corrected chi connectivity index (χ4v) is 6.19. The predicted octanol–water partition coefficient (Wildman–Crippen LogP) is 5.30. The molecule has 0 spiro atoms. The average Bonchev–Trinajstić information content (AvgIpc) is 2.85. The molecule has 33 heavy (non-hydrogen) atoms. The molecule has 2 aliphatic heterocycles. The second-order valence-electron chi connectivity index (χ2n) is 10.6. The molecule has 182 valence electrons. The highest BCUT2D eigenvalue weighted by molar-refractivity contribution is 5.96. The van der Waals surface area contributed by atoms with Crippen LogP contribution in [0, 0.1) is 17.8 Å². The maximum Gasteiger partial charge on any atom is 0.307 e. The van der Waals surface area contributed by atoms with E-state index in [0.717, 1.165) is 76.2 Å². The first-order valence-corrected chi connectivity index (χ1v) is 13.4. The third-order valence-electron chi connectivity index (χ3n) is 8.26. The molecule has 1 aromatic carbocycles. The first-order valence-electron chi connectivity index (χ1n) is 13.4. The van der Waals surface area contributed by atoms with E-state index >= 15 is 0 Å². The van der Waals surface area contributed by atoms with Crippen molar-refractivity contribution in [3.63, 3.8) is 0 Å². The maximum absolute atomic E-state index is 13.4. The SMILES string of the molecule is CCCCC1CCC(C(=O)N2CCCc3cc(CCN4CCCC(C(=O)O)C4)ccc32)CC1. The van der Waals surface area contributed by atoms with Crippen molar-refractivity contribution >= 4 is 17.6 Å². The lowest BCUT2D eigenvalue weighted by atomic mass is 9.79. The number of carbonyl (C=O) groups is 2. The summed E-state index contributed by atoms with van der Waals surface area (Å²) in [5.74, 6) is 0.507. The minimum Gasteiger partial charge on any atom is -0.481 e. The molecule has 0 aromatic heterocycles. The number of unbranched alkanes of at least 4 members (excludes halogenated alkanes) is 1. The van der Waals surface area contributed by atoms with Crippen molar-refractivity contribution in [3.05, 3.63) is 29.3 Å². The summed E-state index contributed by atoms with van der Waals surface area (Å²) in [5, 5.41) is 9.33. The van der Waals surface area contributed by atoms with Crippen molar-refractivity contribution in [1.82, 2.24) is 4.90 Å². The van der Waals surface area contributed by atoms with Crippen LogP contribution in [-0.4, -0.2) is 48.1 Å². The number of hydrogen-bond donors (Lipinski definition) is 1. The fraction of sp³-hybridized carbons (Fsp3) is 0.714. The Bertz CT molecular complexity index is 815.